The topological polar surface area (TPSA) is 237 Å². The minimum absolute atomic E-state index is 0.0725. The number of aliphatic hydroxyl groups excluding tert-OH is 1. The van der Waals surface area contributed by atoms with Crippen LogP contribution in [0.15, 0.2) is 170 Å². The first-order valence-electron chi connectivity index (χ1n) is 42.4. The zero-order valence-electron chi connectivity index (χ0n) is 68.6. The molecule has 0 heterocycles. The van der Waals surface area contributed by atoms with Crippen molar-refractivity contribution in [1.82, 2.24) is 0 Å². The lowest BCUT2D eigenvalue weighted by Gasteiger charge is -2.21. The maximum absolute atomic E-state index is 13.1. The Morgan fingerprint density at radius 3 is 0.682 bits per heavy atom. The molecule has 0 bridgehead atoms. The van der Waals surface area contributed by atoms with E-state index >= 15 is 0 Å². The van der Waals surface area contributed by atoms with Crippen molar-refractivity contribution in [1.29, 1.82) is 0 Å². The summed E-state index contributed by atoms with van der Waals surface area (Å²) < 4.78 is 68.8. The van der Waals surface area contributed by atoms with Gasteiger partial charge in [0, 0.05) is 25.7 Å². The van der Waals surface area contributed by atoms with E-state index in [1.165, 1.54) is 0 Å². The van der Waals surface area contributed by atoms with Gasteiger partial charge in [-0.05, 0) is 167 Å². The number of phosphoric acid groups is 2. The highest BCUT2D eigenvalue weighted by Crippen LogP contribution is 2.45. The molecule has 0 aromatic heterocycles. The van der Waals surface area contributed by atoms with Crippen LogP contribution in [0.4, 0.5) is 0 Å². The molecule has 0 saturated carbocycles. The lowest BCUT2D eigenvalue weighted by atomic mass is 10.1. The molecule has 0 aromatic rings. The second-order valence-electron chi connectivity index (χ2n) is 27.6. The third-order valence-electron chi connectivity index (χ3n) is 17.2. The Kier molecular flexibility index (Phi) is 77.3. The van der Waals surface area contributed by atoms with Crippen LogP contribution in [-0.4, -0.2) is 96.7 Å². The van der Waals surface area contributed by atoms with Crippen LogP contribution in [-0.2, 0) is 65.4 Å². The molecular formula is C91H150O17P2. The Morgan fingerprint density at radius 1 is 0.255 bits per heavy atom. The largest absolute Gasteiger partial charge is 0.472 e. The summed E-state index contributed by atoms with van der Waals surface area (Å²) in [6.07, 6.45) is 97.3. The van der Waals surface area contributed by atoms with Crippen molar-refractivity contribution in [2.45, 2.75) is 341 Å². The SMILES string of the molecule is CC/C=C\C/C=C\C/C=C\C/C=C\CCCCCCCCC(=O)OCC(COP(=O)(O)OCC(O)COP(=O)(O)OCC(COC(=O)CCCCCC/C=C\C/C=C\C/C=C\C/C=C\CC)OC(=O)CCCCCCCCC/C=C\C/C=C\C/C=C\CC)OC(=O)CCCCCCCCC/C=C\C/C=C\C/C=C\CC. The predicted molar refractivity (Wildman–Crippen MR) is 454 cm³/mol. The van der Waals surface area contributed by atoms with Crippen molar-refractivity contribution in [3.8, 4) is 0 Å². The molecule has 5 atom stereocenters. The van der Waals surface area contributed by atoms with E-state index in [2.05, 4.69) is 198 Å². The molecule has 0 rings (SSSR count). The van der Waals surface area contributed by atoms with Gasteiger partial charge in [0.25, 0.3) is 0 Å². The molecule has 0 aliphatic rings. The Hall–Kier alpha value is -5.58. The maximum atomic E-state index is 13.1. The van der Waals surface area contributed by atoms with E-state index in [4.69, 9.17) is 37.0 Å². The molecule has 110 heavy (non-hydrogen) atoms. The molecule has 0 aromatic carbocycles. The third kappa shape index (κ3) is 80.5. The van der Waals surface area contributed by atoms with Crippen molar-refractivity contribution in [2.24, 2.45) is 0 Å². The number of aliphatic hydroxyl groups is 1. The Bertz CT molecular complexity index is 2750. The standard InChI is InChI=1S/C91H150O17P2/c1-5-9-13-17-21-25-29-33-37-41-42-46-48-52-56-60-64-68-72-76-89(94)102-82-87(108-91(96)78-74-70-66-62-58-54-50-45-40-36-32-28-24-20-16-12-8-4)84-106-110(99,100)104-80-85(92)79-103-109(97,98)105-83-86(107-90(95)77-73-69-65-61-57-53-49-44-39-35-31-27-23-19-15-11-7-3)81-101-88(93)75-71-67-63-59-55-51-47-43-38-34-30-26-22-18-14-10-6-2/h9-16,21-28,33-40,42,46-47,51,85-87,92H,5-8,17-20,29-32,41,43-45,48-50,52-84H2,1-4H3,(H,97,98)(H,99,100)/b13-9-,14-10-,15-11-,16-12-,25-21-,26-22-,27-23-,28-24-,37-33-,38-34-,39-35-,40-36-,46-42-,51-47-. The van der Waals surface area contributed by atoms with Gasteiger partial charge < -0.3 is 33.8 Å². The third-order valence-corrected chi connectivity index (χ3v) is 19.1. The maximum Gasteiger partial charge on any atom is 0.472 e. The molecule has 5 unspecified atom stereocenters. The minimum atomic E-state index is -5.00. The molecule has 0 amide bonds. The first-order valence-corrected chi connectivity index (χ1v) is 45.4. The number of phosphoric ester groups is 2. The molecule has 17 nitrogen and oxygen atoms in total. The zero-order valence-corrected chi connectivity index (χ0v) is 70.4. The van der Waals surface area contributed by atoms with Gasteiger partial charge in [-0.2, -0.15) is 0 Å². The number of carbonyl (C=O) groups excluding carboxylic acids is 4. The normalized spacial score (nSPS) is 14.6. The fourth-order valence-electron chi connectivity index (χ4n) is 10.9. The van der Waals surface area contributed by atoms with Crippen LogP contribution in [0.5, 0.6) is 0 Å². The fraction of sp³-hybridized carbons (Fsp3) is 0.648. The zero-order chi connectivity index (χ0) is 80.3. The average Bonchev–Trinajstić information content (AvgIpc) is 0.906. The number of hydrogen-bond acceptors (Lipinski definition) is 15. The van der Waals surface area contributed by atoms with E-state index < -0.39 is 97.5 Å². The second-order valence-corrected chi connectivity index (χ2v) is 30.5. The van der Waals surface area contributed by atoms with Crippen molar-refractivity contribution >= 4 is 39.5 Å². The molecule has 0 fully saturated rings. The molecule has 626 valence electrons. The van der Waals surface area contributed by atoms with Crippen molar-refractivity contribution in [3.63, 3.8) is 0 Å². The summed E-state index contributed by atoms with van der Waals surface area (Å²) in [6.45, 7) is 4.38. The van der Waals surface area contributed by atoms with Crippen LogP contribution in [0.1, 0.15) is 323 Å². The molecule has 0 aliphatic carbocycles. The number of allylic oxidation sites excluding steroid dienone is 28. The predicted octanol–water partition coefficient (Wildman–Crippen LogP) is 25.3. The quantitative estimate of drug-likeness (QED) is 0.0169. The number of esters is 4. The van der Waals surface area contributed by atoms with Crippen LogP contribution >= 0.6 is 15.6 Å². The van der Waals surface area contributed by atoms with E-state index in [-0.39, 0.29) is 25.7 Å². The van der Waals surface area contributed by atoms with Gasteiger partial charge in [-0.1, -0.05) is 301 Å². The Balaban J connectivity index is 5.44. The molecule has 0 aliphatic heterocycles. The first-order chi connectivity index (χ1) is 53.7. The van der Waals surface area contributed by atoms with Gasteiger partial charge in [0.2, 0.25) is 0 Å². The highest BCUT2D eigenvalue weighted by Gasteiger charge is 2.30. The van der Waals surface area contributed by atoms with E-state index in [0.29, 0.717) is 25.7 Å². The van der Waals surface area contributed by atoms with Crippen LogP contribution in [0, 0.1) is 0 Å². The molecule has 19 heteroatoms. The van der Waals surface area contributed by atoms with Crippen molar-refractivity contribution in [3.05, 3.63) is 170 Å². The van der Waals surface area contributed by atoms with E-state index in [1.54, 1.807) is 0 Å². The summed E-state index contributed by atoms with van der Waals surface area (Å²) in [5, 5.41) is 10.7. The lowest BCUT2D eigenvalue weighted by Crippen LogP contribution is -2.30. The van der Waals surface area contributed by atoms with Crippen molar-refractivity contribution in [2.75, 3.05) is 39.6 Å². The van der Waals surface area contributed by atoms with Gasteiger partial charge in [-0.15, -0.1) is 0 Å². The van der Waals surface area contributed by atoms with Gasteiger partial charge in [-0.3, -0.25) is 37.3 Å². The van der Waals surface area contributed by atoms with E-state index in [0.717, 1.165) is 244 Å². The molecule has 0 radical (unpaired) electrons. The molecule has 3 N–H and O–H groups in total. The minimum Gasteiger partial charge on any atom is -0.462 e. The average molecular weight is 1580 g/mol. The fourth-order valence-corrected chi connectivity index (χ4v) is 12.5. The van der Waals surface area contributed by atoms with Gasteiger partial charge in [0.15, 0.2) is 12.2 Å². The number of hydrogen-bond donors (Lipinski definition) is 3. The highest BCUT2D eigenvalue weighted by atomic mass is 31.2. The summed E-state index contributed by atoms with van der Waals surface area (Å²) >= 11 is 0. The van der Waals surface area contributed by atoms with Crippen LogP contribution in [0.2, 0.25) is 0 Å². The second kappa shape index (κ2) is 81.4. The molecule has 0 spiro atoms. The highest BCUT2D eigenvalue weighted by molar-refractivity contribution is 7.47. The van der Waals surface area contributed by atoms with Crippen LogP contribution in [0.25, 0.3) is 0 Å². The monoisotopic (exact) mass is 1580 g/mol. The summed E-state index contributed by atoms with van der Waals surface area (Å²) in [5.74, 6) is -2.24. The number of ether oxygens (including phenoxy) is 4. The number of carbonyl (C=O) groups is 4. The molecule has 0 saturated heterocycles. The number of unbranched alkanes of at least 4 members (excludes halogenated alkanes) is 24. The first kappa shape index (κ1) is 104. The summed E-state index contributed by atoms with van der Waals surface area (Å²) in [7, 11) is -10.00. The smallest absolute Gasteiger partial charge is 0.462 e. The summed E-state index contributed by atoms with van der Waals surface area (Å²) in [6, 6.07) is 0. The van der Waals surface area contributed by atoms with Gasteiger partial charge in [-0.25, -0.2) is 9.13 Å². The van der Waals surface area contributed by atoms with Crippen LogP contribution < -0.4 is 0 Å². The van der Waals surface area contributed by atoms with Gasteiger partial charge in [0.1, 0.15) is 19.3 Å². The summed E-state index contributed by atoms with van der Waals surface area (Å²) in [4.78, 5) is 73.3. The van der Waals surface area contributed by atoms with Gasteiger partial charge in [0.05, 0.1) is 26.4 Å². The van der Waals surface area contributed by atoms with Gasteiger partial charge >= 0.3 is 39.5 Å². The van der Waals surface area contributed by atoms with E-state index in [1.807, 2.05) is 0 Å². The molecular weight excluding hydrogens is 1430 g/mol. The van der Waals surface area contributed by atoms with Crippen molar-refractivity contribution < 1.29 is 80.2 Å². The lowest BCUT2D eigenvalue weighted by molar-refractivity contribution is -0.161. The number of rotatable bonds is 78. The van der Waals surface area contributed by atoms with Crippen LogP contribution in [0.3, 0.4) is 0 Å². The Labute approximate surface area is 667 Å². The summed E-state index contributed by atoms with van der Waals surface area (Å²) in [5.41, 5.74) is 0. The Morgan fingerprint density at radius 2 is 0.445 bits per heavy atom. The van der Waals surface area contributed by atoms with E-state index in [9.17, 15) is 43.2 Å².